The molecule has 0 amide bonds. The van der Waals surface area contributed by atoms with E-state index in [1.807, 2.05) is 0 Å². The predicted octanol–water partition coefficient (Wildman–Crippen LogP) is 3.72. The average Bonchev–Trinajstić information content (AvgIpc) is 2.94. The number of nitriles is 1. The highest BCUT2D eigenvalue weighted by molar-refractivity contribution is 9.10. The van der Waals surface area contributed by atoms with Crippen molar-refractivity contribution in [3.63, 3.8) is 0 Å². The lowest BCUT2D eigenvalue weighted by molar-refractivity contribution is 0.0848. The molecule has 19 heavy (non-hydrogen) atoms. The lowest BCUT2D eigenvalue weighted by Gasteiger charge is -2.06. The summed E-state index contributed by atoms with van der Waals surface area (Å²) < 4.78 is 0.835. The molecular weight excluding hydrogens is 326 g/mol. The van der Waals surface area contributed by atoms with Gasteiger partial charge in [-0.15, -0.1) is 11.3 Å². The van der Waals surface area contributed by atoms with Gasteiger partial charge in [0.25, 0.3) is 0 Å². The first kappa shape index (κ1) is 13.7. The van der Waals surface area contributed by atoms with E-state index < -0.39 is 17.5 Å². The number of carbonyl (C=O) groups is 2. The summed E-state index contributed by atoms with van der Waals surface area (Å²) in [5, 5.41) is 10.8. The molecule has 0 aliphatic carbocycles. The molecule has 0 saturated carbocycles. The van der Waals surface area contributed by atoms with E-state index in [9.17, 15) is 9.59 Å². The Morgan fingerprint density at radius 1 is 1.16 bits per heavy atom. The molecule has 0 radical (unpaired) electrons. The van der Waals surface area contributed by atoms with Gasteiger partial charge >= 0.3 is 0 Å². The van der Waals surface area contributed by atoms with Gasteiger partial charge in [0.1, 0.15) is 0 Å². The van der Waals surface area contributed by atoms with E-state index in [1.165, 1.54) is 11.3 Å². The summed E-state index contributed by atoms with van der Waals surface area (Å²) in [6.45, 7) is 0. The summed E-state index contributed by atoms with van der Waals surface area (Å²) >= 11 is 4.50. The molecule has 3 nitrogen and oxygen atoms in total. The van der Waals surface area contributed by atoms with Crippen LogP contribution in [0.4, 0.5) is 0 Å². The Kier molecular flexibility index (Phi) is 4.25. The molecule has 0 bridgehead atoms. The molecule has 0 fully saturated rings. The quantitative estimate of drug-likeness (QED) is 0.632. The monoisotopic (exact) mass is 333 g/mol. The minimum atomic E-state index is -1.28. The van der Waals surface area contributed by atoms with E-state index in [0.717, 1.165) is 4.47 Å². The van der Waals surface area contributed by atoms with Gasteiger partial charge in [0.2, 0.25) is 0 Å². The summed E-state index contributed by atoms with van der Waals surface area (Å²) in [6.07, 6.45) is 0. The molecule has 0 aliphatic rings. The van der Waals surface area contributed by atoms with Crippen LogP contribution in [0.1, 0.15) is 20.0 Å². The summed E-state index contributed by atoms with van der Waals surface area (Å²) in [4.78, 5) is 24.7. The van der Waals surface area contributed by atoms with Crippen molar-refractivity contribution in [1.29, 1.82) is 5.26 Å². The van der Waals surface area contributed by atoms with Crippen LogP contribution < -0.4 is 0 Å². The Morgan fingerprint density at radius 3 is 2.37 bits per heavy atom. The van der Waals surface area contributed by atoms with Gasteiger partial charge in [-0.2, -0.15) is 5.26 Å². The first-order chi connectivity index (χ1) is 9.13. The molecule has 0 N–H and O–H groups in total. The number of ketones is 2. The highest BCUT2D eigenvalue weighted by Gasteiger charge is 2.28. The molecule has 1 unspecified atom stereocenters. The Morgan fingerprint density at radius 2 is 1.84 bits per heavy atom. The van der Waals surface area contributed by atoms with E-state index in [2.05, 4.69) is 15.9 Å². The summed E-state index contributed by atoms with van der Waals surface area (Å²) in [5.41, 5.74) is 0.361. The third-order valence-electron chi connectivity index (χ3n) is 2.55. The summed E-state index contributed by atoms with van der Waals surface area (Å²) in [7, 11) is 0. The van der Waals surface area contributed by atoms with Crippen molar-refractivity contribution in [2.24, 2.45) is 5.92 Å². The number of hydrogen-bond acceptors (Lipinski definition) is 4. The zero-order valence-corrected chi connectivity index (χ0v) is 12.1. The van der Waals surface area contributed by atoms with E-state index >= 15 is 0 Å². The largest absolute Gasteiger partial charge is 0.292 e. The van der Waals surface area contributed by atoms with Gasteiger partial charge in [0, 0.05) is 10.0 Å². The van der Waals surface area contributed by atoms with Crippen molar-refractivity contribution in [1.82, 2.24) is 0 Å². The second-order valence-corrected chi connectivity index (χ2v) is 5.64. The zero-order chi connectivity index (χ0) is 13.8. The van der Waals surface area contributed by atoms with Gasteiger partial charge < -0.3 is 0 Å². The maximum atomic E-state index is 12.2. The predicted molar refractivity (Wildman–Crippen MR) is 76.2 cm³/mol. The van der Waals surface area contributed by atoms with Crippen molar-refractivity contribution >= 4 is 38.8 Å². The molecule has 1 atom stereocenters. The number of nitrogens with zero attached hydrogens (tertiary/aromatic N) is 1. The molecule has 1 heterocycles. The lowest BCUT2D eigenvalue weighted by Crippen LogP contribution is -2.22. The molecule has 1 aromatic carbocycles. The second-order valence-electron chi connectivity index (χ2n) is 3.77. The topological polar surface area (TPSA) is 57.9 Å². The van der Waals surface area contributed by atoms with E-state index in [4.69, 9.17) is 5.26 Å². The van der Waals surface area contributed by atoms with Crippen molar-refractivity contribution in [3.05, 3.63) is 56.7 Å². The van der Waals surface area contributed by atoms with Gasteiger partial charge in [0.05, 0.1) is 10.9 Å². The minimum absolute atomic E-state index is 0.361. The fourth-order valence-electron chi connectivity index (χ4n) is 1.58. The van der Waals surface area contributed by atoms with Crippen LogP contribution in [-0.4, -0.2) is 11.6 Å². The maximum absolute atomic E-state index is 12.2. The lowest BCUT2D eigenvalue weighted by atomic mass is 9.94. The number of halogens is 1. The van der Waals surface area contributed by atoms with Crippen LogP contribution in [0.15, 0.2) is 46.3 Å². The third-order valence-corrected chi connectivity index (χ3v) is 3.96. The Bertz CT molecular complexity index is 641. The van der Waals surface area contributed by atoms with Crippen molar-refractivity contribution in [2.75, 3.05) is 0 Å². The summed E-state index contributed by atoms with van der Waals surface area (Å²) in [6, 6.07) is 11.7. The maximum Gasteiger partial charge on any atom is 0.197 e. The molecular formula is C14H8BrNO2S. The third kappa shape index (κ3) is 2.98. The Balaban J connectivity index is 2.28. The SMILES string of the molecule is N#CC(C(=O)c1ccc(Br)cc1)C(=O)c1cccs1. The molecule has 1 aromatic heterocycles. The standard InChI is InChI=1S/C14H8BrNO2S/c15-10-5-3-9(4-6-10)13(17)11(8-16)14(18)12-2-1-7-19-12/h1-7,11H. The fraction of sp³-hybridized carbons (Fsp3) is 0.0714. The van der Waals surface area contributed by atoms with Crippen molar-refractivity contribution < 1.29 is 9.59 Å². The minimum Gasteiger partial charge on any atom is -0.292 e. The van der Waals surface area contributed by atoms with Crippen LogP contribution in [0.25, 0.3) is 0 Å². The molecule has 0 saturated heterocycles. The van der Waals surface area contributed by atoms with Crippen LogP contribution in [0.3, 0.4) is 0 Å². The van der Waals surface area contributed by atoms with Gasteiger partial charge in [0.15, 0.2) is 17.5 Å². The number of Topliss-reactive ketones (excluding diaryl/α,β-unsaturated/α-hetero) is 2. The van der Waals surface area contributed by atoms with E-state index in [0.29, 0.717) is 10.4 Å². The molecule has 94 valence electrons. The van der Waals surface area contributed by atoms with Crippen LogP contribution in [0, 0.1) is 17.2 Å². The molecule has 2 aromatic rings. The van der Waals surface area contributed by atoms with Gasteiger partial charge in [-0.3, -0.25) is 9.59 Å². The second kappa shape index (κ2) is 5.91. The molecule has 0 aliphatic heterocycles. The number of thiophene rings is 1. The van der Waals surface area contributed by atoms with Crippen LogP contribution in [-0.2, 0) is 0 Å². The molecule has 2 rings (SSSR count). The van der Waals surface area contributed by atoms with Crippen LogP contribution in [0.2, 0.25) is 0 Å². The number of rotatable bonds is 4. The van der Waals surface area contributed by atoms with E-state index in [-0.39, 0.29) is 0 Å². The first-order valence-electron chi connectivity index (χ1n) is 5.40. The van der Waals surface area contributed by atoms with Crippen LogP contribution >= 0.6 is 27.3 Å². The van der Waals surface area contributed by atoms with Gasteiger partial charge in [-0.05, 0) is 23.6 Å². The van der Waals surface area contributed by atoms with Gasteiger partial charge in [-0.1, -0.05) is 34.1 Å². The van der Waals surface area contributed by atoms with E-state index in [1.54, 1.807) is 47.8 Å². The number of hydrogen-bond donors (Lipinski definition) is 0. The number of carbonyl (C=O) groups excluding carboxylic acids is 2. The Labute approximate surface area is 122 Å². The number of benzene rings is 1. The summed E-state index contributed by atoms with van der Waals surface area (Å²) in [5.74, 6) is -2.18. The fourth-order valence-corrected chi connectivity index (χ4v) is 2.54. The Hall–Kier alpha value is -1.77. The first-order valence-corrected chi connectivity index (χ1v) is 7.08. The van der Waals surface area contributed by atoms with Gasteiger partial charge in [-0.25, -0.2) is 0 Å². The average molecular weight is 334 g/mol. The highest BCUT2D eigenvalue weighted by Crippen LogP contribution is 2.19. The zero-order valence-electron chi connectivity index (χ0n) is 9.67. The smallest absolute Gasteiger partial charge is 0.197 e. The van der Waals surface area contributed by atoms with Crippen molar-refractivity contribution in [3.8, 4) is 6.07 Å². The molecule has 5 heteroatoms. The normalized spacial score (nSPS) is 11.6. The van der Waals surface area contributed by atoms with Crippen LogP contribution in [0.5, 0.6) is 0 Å². The highest BCUT2D eigenvalue weighted by atomic mass is 79.9. The van der Waals surface area contributed by atoms with Crippen molar-refractivity contribution in [2.45, 2.75) is 0 Å². The molecule has 0 spiro atoms.